The Kier molecular flexibility index (Phi) is 6.91. The number of rotatable bonds is 7. The summed E-state index contributed by atoms with van der Waals surface area (Å²) in [6, 6.07) is 8.71. The van der Waals surface area contributed by atoms with Gasteiger partial charge in [-0.25, -0.2) is 9.18 Å². The lowest BCUT2D eigenvalue weighted by atomic mass is 10.1. The molecule has 1 aromatic heterocycles. The quantitative estimate of drug-likeness (QED) is 0.351. The van der Waals surface area contributed by atoms with Crippen molar-refractivity contribution in [3.63, 3.8) is 0 Å². The molecule has 2 aromatic carbocycles. The standard InChI is InChI=1S/C21H19ClF4N4O2S/c22-12-1-3-17-15(7-12)18(9-27-17)29-20(31)28-13-2-4-19(16(23)8-13)32-14-10-30(11-14)5-6-33-21(24,25)26/h1-4,7-9,14,27H,5-6,10-11H2,(H2,28,29,31). The van der Waals surface area contributed by atoms with Gasteiger partial charge in [-0.3, -0.25) is 4.90 Å². The average Bonchev–Trinajstić information content (AvgIpc) is 3.08. The van der Waals surface area contributed by atoms with Gasteiger partial charge in [-0.15, -0.1) is 0 Å². The average molecular weight is 503 g/mol. The largest absolute Gasteiger partial charge is 0.485 e. The van der Waals surface area contributed by atoms with Crippen LogP contribution in [0.4, 0.5) is 33.7 Å². The van der Waals surface area contributed by atoms with Crippen molar-refractivity contribution >= 4 is 51.7 Å². The molecule has 0 atom stereocenters. The first-order valence-corrected chi connectivity index (χ1v) is 11.3. The fourth-order valence-electron chi connectivity index (χ4n) is 3.40. The highest BCUT2D eigenvalue weighted by atomic mass is 35.5. The smallest absolute Gasteiger partial charge is 0.441 e. The van der Waals surface area contributed by atoms with E-state index >= 15 is 0 Å². The van der Waals surface area contributed by atoms with E-state index in [1.165, 1.54) is 12.1 Å². The van der Waals surface area contributed by atoms with Crippen molar-refractivity contribution in [2.24, 2.45) is 0 Å². The van der Waals surface area contributed by atoms with Crippen molar-refractivity contribution in [1.29, 1.82) is 0 Å². The second kappa shape index (κ2) is 9.70. The van der Waals surface area contributed by atoms with Crippen LogP contribution in [-0.4, -0.2) is 52.9 Å². The number of amides is 2. The summed E-state index contributed by atoms with van der Waals surface area (Å²) in [7, 11) is 0. The van der Waals surface area contributed by atoms with Gasteiger partial charge in [-0.2, -0.15) is 13.2 Å². The fourth-order valence-corrected chi connectivity index (χ4v) is 4.16. The molecule has 0 saturated carbocycles. The van der Waals surface area contributed by atoms with E-state index in [0.717, 1.165) is 17.0 Å². The Morgan fingerprint density at radius 3 is 2.73 bits per heavy atom. The van der Waals surface area contributed by atoms with E-state index in [2.05, 4.69) is 15.6 Å². The maximum absolute atomic E-state index is 14.4. The molecule has 2 heterocycles. The molecule has 0 radical (unpaired) electrons. The number of H-pyrrole nitrogens is 1. The van der Waals surface area contributed by atoms with Crippen molar-refractivity contribution in [3.8, 4) is 5.75 Å². The zero-order valence-electron chi connectivity index (χ0n) is 17.0. The first-order chi connectivity index (χ1) is 15.7. The molecule has 1 aliphatic heterocycles. The minimum Gasteiger partial charge on any atom is -0.485 e. The number of carbonyl (C=O) groups is 1. The number of carbonyl (C=O) groups excluding carboxylic acids is 1. The predicted octanol–water partition coefficient (Wildman–Crippen LogP) is 5.92. The monoisotopic (exact) mass is 502 g/mol. The molecule has 1 saturated heterocycles. The molecular formula is C21H19ClF4N4O2S. The maximum atomic E-state index is 14.4. The Balaban J connectivity index is 1.26. The second-order valence-corrected chi connectivity index (χ2v) is 9.01. The molecule has 4 rings (SSSR count). The number of urea groups is 1. The number of likely N-dealkylation sites (tertiary alicyclic amines) is 1. The summed E-state index contributed by atoms with van der Waals surface area (Å²) in [5.41, 5.74) is -2.68. The van der Waals surface area contributed by atoms with Gasteiger partial charge in [-0.1, -0.05) is 11.6 Å². The first-order valence-electron chi connectivity index (χ1n) is 9.90. The molecule has 176 valence electrons. The summed E-state index contributed by atoms with van der Waals surface area (Å²) in [5, 5.41) is 6.50. The summed E-state index contributed by atoms with van der Waals surface area (Å²) >= 11 is 5.94. The number of hydrogen-bond acceptors (Lipinski definition) is 4. The van der Waals surface area contributed by atoms with Crippen LogP contribution in [0.1, 0.15) is 0 Å². The Labute approximate surface area is 195 Å². The van der Waals surface area contributed by atoms with Crippen LogP contribution in [0, 0.1) is 5.82 Å². The van der Waals surface area contributed by atoms with Gasteiger partial charge in [0.05, 0.1) is 5.69 Å². The highest BCUT2D eigenvalue weighted by Gasteiger charge is 2.32. The number of thioether (sulfide) groups is 1. The van der Waals surface area contributed by atoms with Gasteiger partial charge in [0.1, 0.15) is 6.10 Å². The van der Waals surface area contributed by atoms with Crippen LogP contribution in [0.15, 0.2) is 42.6 Å². The van der Waals surface area contributed by atoms with Crippen molar-refractivity contribution in [3.05, 3.63) is 53.4 Å². The number of ether oxygens (including phenoxy) is 1. The summed E-state index contributed by atoms with van der Waals surface area (Å²) in [6.45, 7) is 1.14. The molecule has 0 unspecified atom stereocenters. The van der Waals surface area contributed by atoms with E-state index in [4.69, 9.17) is 16.3 Å². The number of benzene rings is 2. The topological polar surface area (TPSA) is 69.4 Å². The molecule has 2 amide bonds. The Bertz CT molecular complexity index is 1150. The van der Waals surface area contributed by atoms with Crippen LogP contribution in [0.3, 0.4) is 0 Å². The van der Waals surface area contributed by atoms with Crippen LogP contribution in [0.2, 0.25) is 5.02 Å². The molecule has 33 heavy (non-hydrogen) atoms. The van der Waals surface area contributed by atoms with E-state index in [1.54, 1.807) is 29.3 Å². The molecule has 3 N–H and O–H groups in total. The highest BCUT2D eigenvalue weighted by Crippen LogP contribution is 2.31. The first kappa shape index (κ1) is 23.5. The lowest BCUT2D eigenvalue weighted by Gasteiger charge is -2.39. The van der Waals surface area contributed by atoms with E-state index < -0.39 is 17.4 Å². The van der Waals surface area contributed by atoms with Gasteiger partial charge in [0, 0.05) is 59.3 Å². The normalized spacial score (nSPS) is 14.8. The van der Waals surface area contributed by atoms with Crippen LogP contribution >= 0.6 is 23.4 Å². The Morgan fingerprint density at radius 1 is 1.21 bits per heavy atom. The second-order valence-electron chi connectivity index (χ2n) is 7.41. The number of aromatic amines is 1. The van der Waals surface area contributed by atoms with Crippen molar-refractivity contribution in [2.75, 3.05) is 36.0 Å². The number of anilines is 2. The van der Waals surface area contributed by atoms with Gasteiger partial charge >= 0.3 is 11.5 Å². The third-order valence-corrected chi connectivity index (χ3v) is 5.92. The molecule has 0 aliphatic carbocycles. The van der Waals surface area contributed by atoms with Crippen molar-refractivity contribution in [2.45, 2.75) is 11.6 Å². The minimum absolute atomic E-state index is 0.0153. The SMILES string of the molecule is O=C(Nc1ccc(OC2CN(CCSC(F)(F)F)C2)c(F)c1)Nc1c[nH]c2ccc(Cl)cc12. The Morgan fingerprint density at radius 2 is 2.00 bits per heavy atom. The number of nitrogens with one attached hydrogen (secondary N) is 3. The van der Waals surface area contributed by atoms with Crippen LogP contribution in [0.5, 0.6) is 5.75 Å². The van der Waals surface area contributed by atoms with E-state index in [-0.39, 0.29) is 41.6 Å². The number of hydrogen-bond donors (Lipinski definition) is 3. The van der Waals surface area contributed by atoms with Crippen LogP contribution < -0.4 is 15.4 Å². The molecular weight excluding hydrogens is 484 g/mol. The lowest BCUT2D eigenvalue weighted by molar-refractivity contribution is -0.0332. The third-order valence-electron chi connectivity index (χ3n) is 4.97. The summed E-state index contributed by atoms with van der Waals surface area (Å²) in [6.07, 6.45) is 1.33. The van der Waals surface area contributed by atoms with Crippen molar-refractivity contribution < 1.29 is 27.1 Å². The fraction of sp³-hybridized carbons (Fsp3) is 0.286. The molecule has 3 aromatic rings. The summed E-state index contributed by atoms with van der Waals surface area (Å²) in [4.78, 5) is 17.1. The van der Waals surface area contributed by atoms with Gasteiger partial charge in [0.15, 0.2) is 11.6 Å². The van der Waals surface area contributed by atoms with Gasteiger partial charge < -0.3 is 20.4 Å². The predicted molar refractivity (Wildman–Crippen MR) is 122 cm³/mol. The molecule has 12 heteroatoms. The Hall–Kier alpha value is -2.63. The zero-order chi connectivity index (χ0) is 23.6. The lowest BCUT2D eigenvalue weighted by Crippen LogP contribution is -2.54. The summed E-state index contributed by atoms with van der Waals surface area (Å²) < 4.78 is 56.5. The molecule has 6 nitrogen and oxygen atoms in total. The number of fused-ring (bicyclic) bond motifs is 1. The number of aromatic nitrogens is 1. The van der Waals surface area contributed by atoms with Crippen LogP contribution in [0.25, 0.3) is 10.9 Å². The molecule has 1 aliphatic rings. The van der Waals surface area contributed by atoms with E-state index in [9.17, 15) is 22.4 Å². The van der Waals surface area contributed by atoms with Gasteiger partial charge in [-0.05, 0) is 42.1 Å². The molecule has 0 spiro atoms. The van der Waals surface area contributed by atoms with E-state index in [1.807, 2.05) is 0 Å². The van der Waals surface area contributed by atoms with Crippen molar-refractivity contribution in [1.82, 2.24) is 9.88 Å². The zero-order valence-corrected chi connectivity index (χ0v) is 18.6. The molecule has 1 fully saturated rings. The minimum atomic E-state index is -4.24. The summed E-state index contributed by atoms with van der Waals surface area (Å²) in [5.74, 6) is -0.696. The number of alkyl halides is 3. The van der Waals surface area contributed by atoms with Gasteiger partial charge in [0.2, 0.25) is 0 Å². The van der Waals surface area contributed by atoms with Gasteiger partial charge in [0.25, 0.3) is 0 Å². The number of halogens is 5. The maximum Gasteiger partial charge on any atom is 0.441 e. The molecule has 0 bridgehead atoms. The van der Waals surface area contributed by atoms with E-state index in [0.29, 0.717) is 23.8 Å². The highest BCUT2D eigenvalue weighted by molar-refractivity contribution is 8.00. The van der Waals surface area contributed by atoms with Crippen LogP contribution in [-0.2, 0) is 0 Å². The third kappa shape index (κ3) is 6.24. The number of nitrogens with zero attached hydrogens (tertiary/aromatic N) is 1.